The average molecular weight is 339 g/mol. The first kappa shape index (κ1) is 16.7. The first-order valence-corrected chi connectivity index (χ1v) is 7.56. The van der Waals surface area contributed by atoms with Crippen molar-refractivity contribution in [2.75, 3.05) is 13.7 Å². The Bertz CT molecular complexity index is 639. The molecule has 116 valence electrons. The van der Waals surface area contributed by atoms with Crippen molar-refractivity contribution < 1.29 is 14.3 Å². The molecule has 0 spiro atoms. The van der Waals surface area contributed by atoms with Crippen molar-refractivity contribution in [1.29, 1.82) is 0 Å². The number of carbonyl (C=O) groups excluding carboxylic acids is 1. The van der Waals surface area contributed by atoms with E-state index in [4.69, 9.17) is 27.9 Å². The van der Waals surface area contributed by atoms with E-state index in [1.165, 1.54) is 7.11 Å². The standard InChI is InChI=1S/C17H16Cl2O3/c1-21-17(20)8-9-22-15-6-2-12(3-7-15)10-13-4-5-14(18)11-16(13)19/h2-7,11H,8-10H2,1H3. The molecule has 0 bridgehead atoms. The summed E-state index contributed by atoms with van der Waals surface area (Å²) in [4.78, 5) is 11.0. The lowest BCUT2D eigenvalue weighted by Gasteiger charge is -2.08. The van der Waals surface area contributed by atoms with Gasteiger partial charge in [-0.25, -0.2) is 0 Å². The van der Waals surface area contributed by atoms with Crippen LogP contribution in [0.2, 0.25) is 10.0 Å². The van der Waals surface area contributed by atoms with Crippen molar-refractivity contribution in [2.45, 2.75) is 12.8 Å². The average Bonchev–Trinajstić information content (AvgIpc) is 2.51. The molecule has 0 amide bonds. The van der Waals surface area contributed by atoms with Gasteiger partial charge in [0.1, 0.15) is 5.75 Å². The normalized spacial score (nSPS) is 10.3. The van der Waals surface area contributed by atoms with Crippen molar-refractivity contribution in [3.8, 4) is 5.75 Å². The van der Waals surface area contributed by atoms with Crippen LogP contribution in [0.1, 0.15) is 17.5 Å². The highest BCUT2D eigenvalue weighted by atomic mass is 35.5. The zero-order valence-electron chi connectivity index (χ0n) is 12.1. The Labute approximate surface area is 139 Å². The molecule has 5 heteroatoms. The lowest BCUT2D eigenvalue weighted by molar-refractivity contribution is -0.141. The predicted octanol–water partition coefficient (Wildman–Crippen LogP) is 4.53. The van der Waals surface area contributed by atoms with E-state index < -0.39 is 0 Å². The number of rotatable bonds is 6. The van der Waals surface area contributed by atoms with E-state index in [0.29, 0.717) is 16.7 Å². The van der Waals surface area contributed by atoms with E-state index in [2.05, 4.69) is 4.74 Å². The van der Waals surface area contributed by atoms with Gasteiger partial charge in [0, 0.05) is 10.0 Å². The molecule has 0 unspecified atom stereocenters. The SMILES string of the molecule is COC(=O)CCOc1ccc(Cc2ccc(Cl)cc2Cl)cc1. The van der Waals surface area contributed by atoms with Crippen LogP contribution in [0.4, 0.5) is 0 Å². The van der Waals surface area contributed by atoms with E-state index in [0.717, 1.165) is 23.3 Å². The largest absolute Gasteiger partial charge is 0.493 e. The van der Waals surface area contributed by atoms with E-state index in [9.17, 15) is 4.79 Å². The highest BCUT2D eigenvalue weighted by molar-refractivity contribution is 6.35. The van der Waals surface area contributed by atoms with Gasteiger partial charge < -0.3 is 9.47 Å². The fourth-order valence-corrected chi connectivity index (χ4v) is 2.42. The van der Waals surface area contributed by atoms with Crippen LogP contribution in [0.5, 0.6) is 5.75 Å². The Morgan fingerprint density at radius 2 is 1.82 bits per heavy atom. The van der Waals surface area contributed by atoms with Gasteiger partial charge in [-0.05, 0) is 41.8 Å². The van der Waals surface area contributed by atoms with E-state index >= 15 is 0 Å². The molecule has 0 aliphatic carbocycles. The fourth-order valence-electron chi connectivity index (χ4n) is 1.94. The zero-order valence-corrected chi connectivity index (χ0v) is 13.7. The highest BCUT2D eigenvalue weighted by Crippen LogP contribution is 2.24. The minimum Gasteiger partial charge on any atom is -0.493 e. The first-order valence-electron chi connectivity index (χ1n) is 6.81. The second-order valence-electron chi connectivity index (χ2n) is 4.73. The van der Waals surface area contributed by atoms with Gasteiger partial charge in [0.25, 0.3) is 0 Å². The Morgan fingerprint density at radius 1 is 1.09 bits per heavy atom. The maximum absolute atomic E-state index is 11.0. The molecular weight excluding hydrogens is 323 g/mol. The summed E-state index contributed by atoms with van der Waals surface area (Å²) in [6, 6.07) is 13.2. The number of halogens is 2. The smallest absolute Gasteiger partial charge is 0.308 e. The number of esters is 1. The molecule has 0 heterocycles. The number of ether oxygens (including phenoxy) is 2. The summed E-state index contributed by atoms with van der Waals surface area (Å²) in [7, 11) is 1.36. The molecule has 0 fully saturated rings. The third kappa shape index (κ3) is 4.93. The van der Waals surface area contributed by atoms with E-state index in [-0.39, 0.29) is 12.4 Å². The Morgan fingerprint density at radius 3 is 2.45 bits per heavy atom. The summed E-state index contributed by atoms with van der Waals surface area (Å²) in [5, 5.41) is 1.29. The molecule has 3 nitrogen and oxygen atoms in total. The molecule has 0 radical (unpaired) electrons. The minimum absolute atomic E-state index is 0.235. The lowest BCUT2D eigenvalue weighted by Crippen LogP contribution is -2.07. The third-order valence-corrected chi connectivity index (χ3v) is 3.72. The highest BCUT2D eigenvalue weighted by Gasteiger charge is 2.04. The lowest BCUT2D eigenvalue weighted by atomic mass is 10.0. The molecule has 0 aliphatic heterocycles. The molecule has 0 N–H and O–H groups in total. The minimum atomic E-state index is -0.283. The van der Waals surface area contributed by atoms with Crippen LogP contribution < -0.4 is 4.74 Å². The molecule has 2 aromatic carbocycles. The topological polar surface area (TPSA) is 35.5 Å². The summed E-state index contributed by atoms with van der Waals surface area (Å²) in [6.07, 6.45) is 0.955. The van der Waals surface area contributed by atoms with Crippen molar-refractivity contribution in [1.82, 2.24) is 0 Å². The number of benzene rings is 2. The number of carbonyl (C=O) groups is 1. The fraction of sp³-hybridized carbons (Fsp3) is 0.235. The van der Waals surface area contributed by atoms with Gasteiger partial charge in [0.15, 0.2) is 0 Å². The van der Waals surface area contributed by atoms with Crippen molar-refractivity contribution in [2.24, 2.45) is 0 Å². The van der Waals surface area contributed by atoms with Gasteiger partial charge >= 0.3 is 5.97 Å². The summed E-state index contributed by atoms with van der Waals surface area (Å²) >= 11 is 12.1. The van der Waals surface area contributed by atoms with Gasteiger partial charge in [0.05, 0.1) is 20.1 Å². The number of methoxy groups -OCH3 is 1. The molecular formula is C17H16Cl2O3. The Kier molecular flexibility index (Phi) is 6.10. The molecule has 2 rings (SSSR count). The second kappa shape index (κ2) is 8.06. The molecule has 0 aromatic heterocycles. The molecule has 0 atom stereocenters. The van der Waals surface area contributed by atoms with Crippen LogP contribution in [-0.4, -0.2) is 19.7 Å². The number of hydrogen-bond acceptors (Lipinski definition) is 3. The molecule has 0 saturated carbocycles. The summed E-state index contributed by atoms with van der Waals surface area (Å²) in [6.45, 7) is 0.301. The maximum atomic E-state index is 11.0. The van der Waals surface area contributed by atoms with Crippen LogP contribution in [0, 0.1) is 0 Å². The molecule has 0 aliphatic rings. The summed E-state index contributed by atoms with van der Waals surface area (Å²) in [5.41, 5.74) is 2.13. The van der Waals surface area contributed by atoms with Crippen molar-refractivity contribution >= 4 is 29.2 Å². The molecule has 22 heavy (non-hydrogen) atoms. The second-order valence-corrected chi connectivity index (χ2v) is 5.57. The van der Waals surface area contributed by atoms with Gasteiger partial charge in [-0.2, -0.15) is 0 Å². The quantitative estimate of drug-likeness (QED) is 0.726. The number of hydrogen-bond donors (Lipinski definition) is 0. The summed E-state index contributed by atoms with van der Waals surface area (Å²) in [5.74, 6) is 0.434. The molecule has 0 saturated heterocycles. The van der Waals surface area contributed by atoms with Crippen molar-refractivity contribution in [3.05, 3.63) is 63.6 Å². The van der Waals surface area contributed by atoms with Crippen LogP contribution in [0.25, 0.3) is 0 Å². The van der Waals surface area contributed by atoms with Gasteiger partial charge in [-0.1, -0.05) is 41.4 Å². The van der Waals surface area contributed by atoms with Crippen LogP contribution in [-0.2, 0) is 16.0 Å². The summed E-state index contributed by atoms with van der Waals surface area (Å²) < 4.78 is 10.0. The van der Waals surface area contributed by atoms with Crippen molar-refractivity contribution in [3.63, 3.8) is 0 Å². The van der Waals surface area contributed by atoms with E-state index in [1.807, 2.05) is 36.4 Å². The van der Waals surface area contributed by atoms with E-state index in [1.54, 1.807) is 6.07 Å². The molecule has 2 aromatic rings. The van der Waals surface area contributed by atoms with Gasteiger partial charge in [-0.3, -0.25) is 4.79 Å². The third-order valence-electron chi connectivity index (χ3n) is 3.14. The first-order chi connectivity index (χ1) is 10.6. The maximum Gasteiger partial charge on any atom is 0.308 e. The zero-order chi connectivity index (χ0) is 15.9. The van der Waals surface area contributed by atoms with Gasteiger partial charge in [-0.15, -0.1) is 0 Å². The Balaban J connectivity index is 1.92. The van der Waals surface area contributed by atoms with Crippen LogP contribution >= 0.6 is 23.2 Å². The van der Waals surface area contributed by atoms with Gasteiger partial charge in [0.2, 0.25) is 0 Å². The van der Waals surface area contributed by atoms with Crippen LogP contribution in [0.15, 0.2) is 42.5 Å². The Hall–Kier alpha value is -1.71. The monoisotopic (exact) mass is 338 g/mol. The predicted molar refractivity (Wildman–Crippen MR) is 87.8 cm³/mol. The van der Waals surface area contributed by atoms with Crippen LogP contribution in [0.3, 0.4) is 0 Å².